The predicted molar refractivity (Wildman–Crippen MR) is 68.2 cm³/mol. The number of pyridine rings is 1. The number of aryl methyl sites for hydroxylation is 2. The van der Waals surface area contributed by atoms with Crippen molar-refractivity contribution >= 4 is 0 Å². The first-order valence-corrected chi connectivity index (χ1v) is 5.88. The first-order valence-electron chi connectivity index (χ1n) is 5.88. The highest BCUT2D eigenvalue weighted by Crippen LogP contribution is 2.14. The van der Waals surface area contributed by atoms with E-state index in [2.05, 4.69) is 28.4 Å². The maximum atomic E-state index is 4.36. The molecule has 2 heterocycles. The molecule has 4 nitrogen and oxygen atoms in total. The van der Waals surface area contributed by atoms with Crippen LogP contribution in [0.4, 0.5) is 0 Å². The molecule has 2 aromatic heterocycles. The molecule has 0 radical (unpaired) electrons. The maximum absolute atomic E-state index is 4.36. The number of rotatable bonds is 4. The van der Waals surface area contributed by atoms with Crippen molar-refractivity contribution in [2.45, 2.75) is 27.3 Å². The lowest BCUT2D eigenvalue weighted by Gasteiger charge is -2.10. The molecular formula is C13H18N4. The third kappa shape index (κ3) is 2.71. The molecule has 0 atom stereocenters. The topological polar surface area (TPSA) is 42.7 Å². The fraction of sp³-hybridized carbons (Fsp3) is 0.385. The van der Waals surface area contributed by atoms with Gasteiger partial charge in [-0.05, 0) is 32.0 Å². The Balaban J connectivity index is 2.39. The van der Waals surface area contributed by atoms with Crippen molar-refractivity contribution < 1.29 is 0 Å². The highest BCUT2D eigenvalue weighted by Gasteiger charge is 2.06. The van der Waals surface area contributed by atoms with E-state index in [0.29, 0.717) is 0 Å². The SMILES string of the molecule is CCNCc1cnc(C)cc1-n1cc(C)cn1. The van der Waals surface area contributed by atoms with Crippen molar-refractivity contribution in [3.8, 4) is 5.69 Å². The molecule has 2 aromatic rings. The molecular weight excluding hydrogens is 212 g/mol. The van der Waals surface area contributed by atoms with Gasteiger partial charge < -0.3 is 5.32 Å². The Kier molecular flexibility index (Phi) is 3.54. The quantitative estimate of drug-likeness (QED) is 0.873. The molecule has 1 N–H and O–H groups in total. The first kappa shape index (κ1) is 11.8. The summed E-state index contributed by atoms with van der Waals surface area (Å²) in [5, 5.41) is 7.68. The van der Waals surface area contributed by atoms with E-state index in [0.717, 1.165) is 30.0 Å². The van der Waals surface area contributed by atoms with Crippen LogP contribution in [0.25, 0.3) is 5.69 Å². The van der Waals surface area contributed by atoms with E-state index >= 15 is 0 Å². The lowest BCUT2D eigenvalue weighted by atomic mass is 10.2. The second-order valence-electron chi connectivity index (χ2n) is 4.20. The van der Waals surface area contributed by atoms with Crippen molar-refractivity contribution in [1.29, 1.82) is 0 Å². The summed E-state index contributed by atoms with van der Waals surface area (Å²) in [4.78, 5) is 4.34. The largest absolute Gasteiger partial charge is 0.313 e. The molecule has 2 rings (SSSR count). The van der Waals surface area contributed by atoms with E-state index in [-0.39, 0.29) is 0 Å². The van der Waals surface area contributed by atoms with E-state index < -0.39 is 0 Å². The number of hydrogen-bond donors (Lipinski definition) is 1. The fourth-order valence-corrected chi connectivity index (χ4v) is 1.73. The number of hydrogen-bond acceptors (Lipinski definition) is 3. The Morgan fingerprint density at radius 2 is 2.12 bits per heavy atom. The standard InChI is InChI=1S/C13H18N4/c1-4-14-7-12-8-15-11(3)5-13(12)17-9-10(2)6-16-17/h5-6,8-9,14H,4,7H2,1-3H3. The van der Waals surface area contributed by atoms with Crippen LogP contribution in [-0.4, -0.2) is 21.3 Å². The third-order valence-corrected chi connectivity index (χ3v) is 2.62. The highest BCUT2D eigenvalue weighted by molar-refractivity contribution is 5.40. The Labute approximate surface area is 102 Å². The third-order valence-electron chi connectivity index (χ3n) is 2.62. The summed E-state index contributed by atoms with van der Waals surface area (Å²) in [5.41, 5.74) is 4.44. The molecule has 0 aromatic carbocycles. The molecule has 0 fully saturated rings. The first-order chi connectivity index (χ1) is 8.20. The highest BCUT2D eigenvalue weighted by atomic mass is 15.3. The number of aromatic nitrogens is 3. The van der Waals surface area contributed by atoms with Gasteiger partial charge in [-0.25, -0.2) is 4.68 Å². The summed E-state index contributed by atoms with van der Waals surface area (Å²) in [6.07, 6.45) is 5.82. The van der Waals surface area contributed by atoms with Gasteiger partial charge in [0.2, 0.25) is 0 Å². The summed E-state index contributed by atoms with van der Waals surface area (Å²) >= 11 is 0. The van der Waals surface area contributed by atoms with Gasteiger partial charge in [-0.15, -0.1) is 0 Å². The van der Waals surface area contributed by atoms with E-state index in [1.165, 1.54) is 5.56 Å². The average molecular weight is 230 g/mol. The minimum atomic E-state index is 0.817. The maximum Gasteiger partial charge on any atom is 0.0724 e. The lowest BCUT2D eigenvalue weighted by Crippen LogP contribution is -2.14. The van der Waals surface area contributed by atoms with Crippen molar-refractivity contribution in [2.24, 2.45) is 0 Å². The van der Waals surface area contributed by atoms with Gasteiger partial charge in [-0.3, -0.25) is 4.98 Å². The molecule has 17 heavy (non-hydrogen) atoms. The molecule has 0 spiro atoms. The van der Waals surface area contributed by atoms with Crippen LogP contribution in [0.5, 0.6) is 0 Å². The lowest BCUT2D eigenvalue weighted by molar-refractivity contribution is 0.713. The molecule has 0 saturated carbocycles. The van der Waals surface area contributed by atoms with E-state index in [4.69, 9.17) is 0 Å². The van der Waals surface area contributed by atoms with Gasteiger partial charge >= 0.3 is 0 Å². The van der Waals surface area contributed by atoms with Crippen LogP contribution in [-0.2, 0) is 6.54 Å². The molecule has 0 unspecified atom stereocenters. The molecule has 90 valence electrons. The van der Waals surface area contributed by atoms with E-state index in [1.54, 1.807) is 0 Å². The number of nitrogens with one attached hydrogen (secondary N) is 1. The Morgan fingerprint density at radius 1 is 1.29 bits per heavy atom. The summed E-state index contributed by atoms with van der Waals surface area (Å²) < 4.78 is 1.91. The van der Waals surface area contributed by atoms with Crippen LogP contribution in [0, 0.1) is 13.8 Å². The molecule has 0 aliphatic rings. The molecule has 0 aliphatic carbocycles. The number of nitrogens with zero attached hydrogens (tertiary/aromatic N) is 3. The van der Waals surface area contributed by atoms with Gasteiger partial charge in [0.15, 0.2) is 0 Å². The van der Waals surface area contributed by atoms with Crippen LogP contribution >= 0.6 is 0 Å². The molecule has 0 aliphatic heterocycles. The van der Waals surface area contributed by atoms with Gasteiger partial charge in [0.25, 0.3) is 0 Å². The zero-order chi connectivity index (χ0) is 12.3. The molecule has 4 heteroatoms. The van der Waals surface area contributed by atoms with Gasteiger partial charge in [0.05, 0.1) is 11.9 Å². The Hall–Kier alpha value is -1.68. The zero-order valence-electron chi connectivity index (χ0n) is 10.6. The van der Waals surface area contributed by atoms with Crippen molar-refractivity contribution in [3.05, 3.63) is 41.5 Å². The monoisotopic (exact) mass is 230 g/mol. The van der Waals surface area contributed by atoms with Crippen LogP contribution < -0.4 is 5.32 Å². The van der Waals surface area contributed by atoms with Crippen molar-refractivity contribution in [3.63, 3.8) is 0 Å². The minimum absolute atomic E-state index is 0.817. The Bertz CT molecular complexity index is 502. The van der Waals surface area contributed by atoms with Crippen LogP contribution in [0.3, 0.4) is 0 Å². The van der Waals surface area contributed by atoms with Gasteiger partial charge in [0.1, 0.15) is 0 Å². The summed E-state index contributed by atoms with van der Waals surface area (Å²) in [5.74, 6) is 0. The summed E-state index contributed by atoms with van der Waals surface area (Å²) in [6, 6.07) is 2.07. The smallest absolute Gasteiger partial charge is 0.0724 e. The predicted octanol–water partition coefficient (Wildman–Crippen LogP) is 1.99. The van der Waals surface area contributed by atoms with Gasteiger partial charge in [-0.1, -0.05) is 6.92 Å². The zero-order valence-corrected chi connectivity index (χ0v) is 10.6. The minimum Gasteiger partial charge on any atom is -0.313 e. The Morgan fingerprint density at radius 3 is 2.76 bits per heavy atom. The fourth-order valence-electron chi connectivity index (χ4n) is 1.73. The average Bonchev–Trinajstić information content (AvgIpc) is 2.74. The van der Waals surface area contributed by atoms with Gasteiger partial charge in [-0.2, -0.15) is 5.10 Å². The summed E-state index contributed by atoms with van der Waals surface area (Å²) in [6.45, 7) is 7.90. The normalized spacial score (nSPS) is 10.8. The summed E-state index contributed by atoms with van der Waals surface area (Å²) in [7, 11) is 0. The van der Waals surface area contributed by atoms with Crippen molar-refractivity contribution in [1.82, 2.24) is 20.1 Å². The molecule has 0 amide bonds. The second kappa shape index (κ2) is 5.10. The molecule has 0 bridgehead atoms. The van der Waals surface area contributed by atoms with E-state index in [1.807, 2.05) is 37.1 Å². The van der Waals surface area contributed by atoms with Crippen LogP contribution in [0.15, 0.2) is 24.7 Å². The van der Waals surface area contributed by atoms with Crippen LogP contribution in [0.1, 0.15) is 23.7 Å². The second-order valence-corrected chi connectivity index (χ2v) is 4.20. The van der Waals surface area contributed by atoms with Crippen molar-refractivity contribution in [2.75, 3.05) is 6.54 Å². The van der Waals surface area contributed by atoms with E-state index in [9.17, 15) is 0 Å². The van der Waals surface area contributed by atoms with Gasteiger partial charge in [0, 0.05) is 30.2 Å². The molecule has 0 saturated heterocycles. The van der Waals surface area contributed by atoms with Crippen LogP contribution in [0.2, 0.25) is 0 Å².